The normalized spacial score (nSPS) is 11.9. The van der Waals surface area contributed by atoms with Crippen LogP contribution in [-0.2, 0) is 0 Å². The summed E-state index contributed by atoms with van der Waals surface area (Å²) < 4.78 is 0. The summed E-state index contributed by atoms with van der Waals surface area (Å²) in [6.07, 6.45) is 4.03. The van der Waals surface area contributed by atoms with Gasteiger partial charge in [0.25, 0.3) is 0 Å². The number of aryl methyl sites for hydroxylation is 1. The van der Waals surface area contributed by atoms with Gasteiger partial charge < -0.3 is 4.90 Å². The van der Waals surface area contributed by atoms with Crippen LogP contribution in [0.4, 0.5) is 5.95 Å². The smallest absolute Gasteiger partial charge is 0.225 e. The number of anilines is 1. The van der Waals surface area contributed by atoms with Crippen molar-refractivity contribution in [2.24, 2.45) is 0 Å². The summed E-state index contributed by atoms with van der Waals surface area (Å²) >= 11 is 0. The van der Waals surface area contributed by atoms with Gasteiger partial charge in [0.1, 0.15) is 0 Å². The van der Waals surface area contributed by atoms with Crippen molar-refractivity contribution in [3.63, 3.8) is 0 Å². The Hall–Kier alpha value is -1.63. The molecular weight excluding hydrogens is 176 g/mol. The first kappa shape index (κ1) is 10.5. The van der Waals surface area contributed by atoms with Crippen molar-refractivity contribution in [2.75, 3.05) is 11.9 Å². The number of nitrogens with zero attached hydrogens (tertiary/aromatic N) is 4. The van der Waals surface area contributed by atoms with Crippen LogP contribution in [0, 0.1) is 18.3 Å². The Kier molecular flexibility index (Phi) is 3.41. The van der Waals surface area contributed by atoms with E-state index in [-0.39, 0.29) is 6.04 Å². The minimum absolute atomic E-state index is 0.141. The van der Waals surface area contributed by atoms with Crippen LogP contribution in [0.5, 0.6) is 0 Å². The summed E-state index contributed by atoms with van der Waals surface area (Å²) in [7, 11) is 1.90. The van der Waals surface area contributed by atoms with E-state index in [4.69, 9.17) is 5.26 Å². The van der Waals surface area contributed by atoms with Crippen molar-refractivity contribution in [3.8, 4) is 6.07 Å². The van der Waals surface area contributed by atoms with E-state index in [1.165, 1.54) is 0 Å². The average Bonchev–Trinajstić information content (AvgIpc) is 2.18. The lowest BCUT2D eigenvalue weighted by atomic mass is 10.2. The Morgan fingerprint density at radius 1 is 1.50 bits per heavy atom. The van der Waals surface area contributed by atoms with Gasteiger partial charge in [0, 0.05) is 25.5 Å². The summed E-state index contributed by atoms with van der Waals surface area (Å²) in [6.45, 7) is 3.93. The lowest BCUT2D eigenvalue weighted by Crippen LogP contribution is -2.29. The molecular formula is C10H14N4. The maximum Gasteiger partial charge on any atom is 0.225 e. The van der Waals surface area contributed by atoms with Crippen molar-refractivity contribution in [1.29, 1.82) is 5.26 Å². The first-order chi connectivity index (χ1) is 6.65. The highest BCUT2D eigenvalue weighted by Gasteiger charge is 2.11. The maximum absolute atomic E-state index is 8.56. The molecule has 1 rings (SSSR count). The zero-order valence-electron chi connectivity index (χ0n) is 8.73. The highest BCUT2D eigenvalue weighted by atomic mass is 15.2. The molecule has 1 atom stereocenters. The molecule has 4 heteroatoms. The number of hydrogen-bond donors (Lipinski definition) is 0. The summed E-state index contributed by atoms with van der Waals surface area (Å²) in [4.78, 5) is 10.3. The topological polar surface area (TPSA) is 52.8 Å². The van der Waals surface area contributed by atoms with Gasteiger partial charge in [-0.25, -0.2) is 9.97 Å². The van der Waals surface area contributed by atoms with Crippen molar-refractivity contribution < 1.29 is 0 Å². The van der Waals surface area contributed by atoms with Gasteiger partial charge in [-0.1, -0.05) is 0 Å². The van der Waals surface area contributed by atoms with E-state index in [1.54, 1.807) is 12.4 Å². The third-order valence-corrected chi connectivity index (χ3v) is 2.13. The molecule has 0 N–H and O–H groups in total. The molecule has 1 aromatic heterocycles. The first-order valence-electron chi connectivity index (χ1n) is 4.53. The van der Waals surface area contributed by atoms with Gasteiger partial charge >= 0.3 is 0 Å². The van der Waals surface area contributed by atoms with Crippen LogP contribution >= 0.6 is 0 Å². The molecule has 1 heterocycles. The Bertz CT molecular complexity index is 325. The van der Waals surface area contributed by atoms with E-state index in [2.05, 4.69) is 16.0 Å². The van der Waals surface area contributed by atoms with Gasteiger partial charge in [-0.05, 0) is 19.4 Å². The van der Waals surface area contributed by atoms with E-state index < -0.39 is 0 Å². The van der Waals surface area contributed by atoms with E-state index in [0.717, 1.165) is 5.56 Å². The van der Waals surface area contributed by atoms with Gasteiger partial charge in [0.05, 0.1) is 12.5 Å². The maximum atomic E-state index is 8.56. The van der Waals surface area contributed by atoms with Crippen LogP contribution in [0.3, 0.4) is 0 Å². The third-order valence-electron chi connectivity index (χ3n) is 2.13. The molecule has 0 fully saturated rings. The molecule has 0 aliphatic rings. The molecule has 0 saturated heterocycles. The lowest BCUT2D eigenvalue weighted by Gasteiger charge is -2.22. The highest BCUT2D eigenvalue weighted by Crippen LogP contribution is 2.09. The minimum atomic E-state index is 0.141. The van der Waals surface area contributed by atoms with Crippen molar-refractivity contribution in [1.82, 2.24) is 9.97 Å². The lowest BCUT2D eigenvalue weighted by molar-refractivity contribution is 0.683. The second-order valence-electron chi connectivity index (χ2n) is 3.38. The average molecular weight is 190 g/mol. The number of rotatable bonds is 3. The largest absolute Gasteiger partial charge is 0.340 e. The predicted octanol–water partition coefficient (Wildman–Crippen LogP) is 1.52. The van der Waals surface area contributed by atoms with Crippen LogP contribution in [0.25, 0.3) is 0 Å². The van der Waals surface area contributed by atoms with Crippen LogP contribution < -0.4 is 4.90 Å². The molecule has 0 aromatic carbocycles. The monoisotopic (exact) mass is 190 g/mol. The van der Waals surface area contributed by atoms with Gasteiger partial charge in [-0.15, -0.1) is 0 Å². The van der Waals surface area contributed by atoms with E-state index in [9.17, 15) is 0 Å². The molecule has 0 saturated carbocycles. The van der Waals surface area contributed by atoms with E-state index >= 15 is 0 Å². The van der Waals surface area contributed by atoms with Crippen molar-refractivity contribution in [2.45, 2.75) is 26.3 Å². The van der Waals surface area contributed by atoms with Crippen molar-refractivity contribution in [3.05, 3.63) is 18.0 Å². The van der Waals surface area contributed by atoms with Gasteiger partial charge in [-0.2, -0.15) is 5.26 Å². The fourth-order valence-corrected chi connectivity index (χ4v) is 1.03. The van der Waals surface area contributed by atoms with Crippen molar-refractivity contribution >= 4 is 5.95 Å². The minimum Gasteiger partial charge on any atom is -0.340 e. The standard InChI is InChI=1S/C10H14N4/c1-8-6-12-10(13-7-8)14(3)9(2)4-5-11/h6-7,9H,4H2,1-3H3. The molecule has 0 radical (unpaired) electrons. The molecule has 14 heavy (non-hydrogen) atoms. The van der Waals surface area contributed by atoms with Gasteiger partial charge in [0.15, 0.2) is 0 Å². The summed E-state index contributed by atoms with van der Waals surface area (Å²) in [6, 6.07) is 2.27. The molecule has 1 unspecified atom stereocenters. The quantitative estimate of drug-likeness (QED) is 0.725. The molecule has 0 aliphatic carbocycles. The Morgan fingerprint density at radius 3 is 2.57 bits per heavy atom. The SMILES string of the molecule is Cc1cnc(N(C)C(C)CC#N)nc1. The molecule has 0 spiro atoms. The zero-order chi connectivity index (χ0) is 10.6. The third kappa shape index (κ3) is 2.43. The number of aromatic nitrogens is 2. The summed E-state index contributed by atoms with van der Waals surface area (Å²) in [5.41, 5.74) is 1.04. The van der Waals surface area contributed by atoms with Crippen LogP contribution in [0.2, 0.25) is 0 Å². The predicted molar refractivity (Wildman–Crippen MR) is 54.9 cm³/mol. The Balaban J connectivity index is 2.74. The summed E-state index contributed by atoms with van der Waals surface area (Å²) in [5.74, 6) is 0.665. The van der Waals surface area contributed by atoms with E-state index in [0.29, 0.717) is 12.4 Å². The fraction of sp³-hybridized carbons (Fsp3) is 0.500. The van der Waals surface area contributed by atoms with Gasteiger partial charge in [0.2, 0.25) is 5.95 Å². The Morgan fingerprint density at radius 2 is 2.07 bits per heavy atom. The molecule has 0 aliphatic heterocycles. The molecule has 1 aromatic rings. The molecule has 0 bridgehead atoms. The highest BCUT2D eigenvalue weighted by molar-refractivity contribution is 5.29. The van der Waals surface area contributed by atoms with E-state index in [1.807, 2.05) is 25.8 Å². The first-order valence-corrected chi connectivity index (χ1v) is 4.53. The molecule has 4 nitrogen and oxygen atoms in total. The van der Waals surface area contributed by atoms with Crippen LogP contribution in [-0.4, -0.2) is 23.1 Å². The molecule has 0 amide bonds. The fourth-order valence-electron chi connectivity index (χ4n) is 1.03. The van der Waals surface area contributed by atoms with Crippen LogP contribution in [0.1, 0.15) is 18.9 Å². The molecule has 74 valence electrons. The summed E-state index contributed by atoms with van der Waals surface area (Å²) in [5, 5.41) is 8.56. The van der Waals surface area contributed by atoms with Gasteiger partial charge in [-0.3, -0.25) is 0 Å². The van der Waals surface area contributed by atoms with Crippen LogP contribution in [0.15, 0.2) is 12.4 Å². The number of hydrogen-bond acceptors (Lipinski definition) is 4. The Labute approximate surface area is 84.2 Å². The zero-order valence-corrected chi connectivity index (χ0v) is 8.73. The number of nitriles is 1. The second kappa shape index (κ2) is 4.56. The second-order valence-corrected chi connectivity index (χ2v) is 3.38.